The molecule has 0 atom stereocenters. The molecule has 0 amide bonds. The minimum absolute atomic E-state index is 0. The molecule has 140 valence electrons. The zero-order valence-corrected chi connectivity index (χ0v) is 15.9. The van der Waals surface area contributed by atoms with Gasteiger partial charge in [0.1, 0.15) is 0 Å². The predicted octanol–water partition coefficient (Wildman–Crippen LogP) is 1.16. The minimum atomic E-state index is -0.209. The Bertz CT molecular complexity index is 687. The van der Waals surface area contributed by atoms with Crippen molar-refractivity contribution in [1.82, 2.24) is 10.6 Å². The molecule has 3 rings (SSSR count). The number of nitrogens with zero attached hydrogens (tertiary/aromatic N) is 2. The van der Waals surface area contributed by atoms with Gasteiger partial charge in [0.15, 0.2) is 24.3 Å². The van der Waals surface area contributed by atoms with Gasteiger partial charge in [-0.2, -0.15) is 9.13 Å². The molecular formula is C18H28ClN7+2. The molecule has 1 aliphatic heterocycles. The molecule has 0 saturated carbocycles. The van der Waals surface area contributed by atoms with Crippen LogP contribution in [0, 0.1) is 10.8 Å². The van der Waals surface area contributed by atoms with Crippen molar-refractivity contribution < 1.29 is 9.13 Å². The van der Waals surface area contributed by atoms with Gasteiger partial charge in [0, 0.05) is 30.8 Å². The number of rotatable bonds is 3. The highest BCUT2D eigenvalue weighted by atomic mass is 35.5. The van der Waals surface area contributed by atoms with Crippen LogP contribution in [0.2, 0.25) is 0 Å². The summed E-state index contributed by atoms with van der Waals surface area (Å²) < 4.78 is 4.60. The number of guanidine groups is 2. The third-order valence-electron chi connectivity index (χ3n) is 3.82. The van der Waals surface area contributed by atoms with Crippen LogP contribution >= 0.6 is 12.4 Å². The molecule has 0 saturated heterocycles. The maximum Gasteiger partial charge on any atom is 0.277 e. The van der Waals surface area contributed by atoms with E-state index in [1.54, 1.807) is 0 Å². The summed E-state index contributed by atoms with van der Waals surface area (Å²) in [4.78, 5) is 0. The van der Waals surface area contributed by atoms with Crippen LogP contribution in [0.3, 0.4) is 0 Å². The van der Waals surface area contributed by atoms with Crippen LogP contribution in [0.4, 0.5) is 0 Å². The zero-order chi connectivity index (χ0) is 18.1. The van der Waals surface area contributed by atoms with Gasteiger partial charge in [0.05, 0.1) is 0 Å². The number of fused-ring (bicyclic) bond motifs is 3. The molecule has 2 aromatic rings. The number of nitrogens with one attached hydrogen (secondary N) is 4. The van der Waals surface area contributed by atoms with Gasteiger partial charge < -0.3 is 11.1 Å². The molecule has 2 aromatic heterocycles. The summed E-state index contributed by atoms with van der Waals surface area (Å²) in [6.07, 6.45) is 6.39. The van der Waals surface area contributed by atoms with Crippen LogP contribution in [0.15, 0.2) is 48.8 Å². The number of hydrogen-bond acceptors (Lipinski definition) is 2. The van der Waals surface area contributed by atoms with Gasteiger partial charge in [-0.3, -0.25) is 16.1 Å². The second-order valence-electron chi connectivity index (χ2n) is 5.75. The van der Waals surface area contributed by atoms with E-state index in [2.05, 4.69) is 75.5 Å². The third kappa shape index (κ3) is 6.33. The Morgan fingerprint density at radius 2 is 1.58 bits per heavy atom. The summed E-state index contributed by atoms with van der Waals surface area (Å²) in [7, 11) is 0. The lowest BCUT2D eigenvalue weighted by molar-refractivity contribution is -0.794. The summed E-state index contributed by atoms with van der Waals surface area (Å²) in [6.45, 7) is 4.95. The maximum absolute atomic E-state index is 7.15. The summed E-state index contributed by atoms with van der Waals surface area (Å²) >= 11 is 0. The highest BCUT2D eigenvalue weighted by Gasteiger charge is 2.27. The van der Waals surface area contributed by atoms with E-state index in [0.29, 0.717) is 0 Å². The Morgan fingerprint density at radius 1 is 1.04 bits per heavy atom. The molecular weight excluding hydrogens is 350 g/mol. The molecule has 3 heterocycles. The topological polar surface area (TPSA) is 106 Å². The van der Waals surface area contributed by atoms with Gasteiger partial charge in [-0.05, 0) is 18.6 Å². The summed E-state index contributed by atoms with van der Waals surface area (Å²) in [6, 6.07) is 12.7. The van der Waals surface area contributed by atoms with Gasteiger partial charge in [-0.1, -0.05) is 13.3 Å². The molecule has 26 heavy (non-hydrogen) atoms. The molecule has 0 radical (unpaired) electrons. The normalized spacial score (nSPS) is 10.8. The Kier molecular flexibility index (Phi) is 9.08. The summed E-state index contributed by atoms with van der Waals surface area (Å²) in [5.41, 5.74) is 7.60. The van der Waals surface area contributed by atoms with E-state index in [4.69, 9.17) is 16.6 Å². The van der Waals surface area contributed by atoms with E-state index in [-0.39, 0.29) is 24.3 Å². The minimum Gasteiger partial charge on any atom is -0.370 e. The quantitative estimate of drug-likeness (QED) is 0.240. The number of nitrogens with two attached hydrogens (primary N) is 1. The smallest absolute Gasteiger partial charge is 0.277 e. The lowest BCUT2D eigenvalue weighted by Crippen LogP contribution is -2.52. The maximum atomic E-state index is 7.15. The van der Waals surface area contributed by atoms with E-state index in [9.17, 15) is 0 Å². The Labute approximate surface area is 160 Å². The second kappa shape index (κ2) is 11.0. The monoisotopic (exact) mass is 377 g/mol. The first-order chi connectivity index (χ1) is 12.1. The summed E-state index contributed by atoms with van der Waals surface area (Å²) in [5.74, 6) is -0.120. The highest BCUT2D eigenvalue weighted by Crippen LogP contribution is 2.11. The van der Waals surface area contributed by atoms with Crippen molar-refractivity contribution in [2.75, 3.05) is 6.54 Å². The molecule has 0 aromatic carbocycles. The number of halogens is 1. The van der Waals surface area contributed by atoms with Crippen molar-refractivity contribution in [2.45, 2.75) is 32.9 Å². The molecule has 0 unspecified atom stereocenters. The number of hydrogen-bond donors (Lipinski definition) is 5. The van der Waals surface area contributed by atoms with Gasteiger partial charge >= 0.3 is 0 Å². The van der Waals surface area contributed by atoms with Crippen LogP contribution in [-0.4, -0.2) is 18.5 Å². The Balaban J connectivity index is 0.000000260. The van der Waals surface area contributed by atoms with Crippen LogP contribution in [-0.2, 0) is 13.1 Å². The lowest BCUT2D eigenvalue weighted by atomic mass is 10.2. The van der Waals surface area contributed by atoms with E-state index >= 15 is 0 Å². The molecule has 0 fully saturated rings. The second-order valence-corrected chi connectivity index (χ2v) is 5.75. The van der Waals surface area contributed by atoms with E-state index < -0.39 is 0 Å². The standard InChI is InChI=1S/C12H12N2.C6H15N5.ClH/c1-3-7-13-9-10-14-8-4-2-6-12(14)11(13)5-1;1-2-3-4-10-6(9)11-5(7)8;/h1-8H,9-10H2;2-4H2,1H3,(H6,7,8,9,10,11);1H/q+2;;. The molecule has 8 heteroatoms. The first-order valence-corrected chi connectivity index (χ1v) is 8.52. The van der Waals surface area contributed by atoms with Crippen molar-refractivity contribution in [3.63, 3.8) is 0 Å². The van der Waals surface area contributed by atoms with E-state index in [1.165, 1.54) is 11.4 Å². The number of aromatic nitrogens is 2. The Hall–Kier alpha value is -2.67. The first-order valence-electron chi connectivity index (χ1n) is 8.52. The molecule has 0 bridgehead atoms. The Morgan fingerprint density at radius 3 is 2.04 bits per heavy atom. The van der Waals surface area contributed by atoms with Crippen LogP contribution in [0.5, 0.6) is 0 Å². The average Bonchev–Trinajstić information content (AvgIpc) is 2.62. The van der Waals surface area contributed by atoms with Gasteiger partial charge in [0.2, 0.25) is 13.1 Å². The predicted molar refractivity (Wildman–Crippen MR) is 105 cm³/mol. The number of aryl methyl sites for hydroxylation is 2. The lowest BCUT2D eigenvalue weighted by Gasteiger charge is -2.08. The fraction of sp³-hybridized carbons (Fsp3) is 0.333. The fourth-order valence-corrected chi connectivity index (χ4v) is 2.59. The fourth-order valence-electron chi connectivity index (χ4n) is 2.59. The number of unbranched alkanes of at least 4 members (excludes halogenated alkanes) is 1. The molecule has 0 spiro atoms. The van der Waals surface area contributed by atoms with E-state index in [1.807, 2.05) is 0 Å². The SMILES string of the molecule is CCCCNC(=N)NC(=N)N.Cl.c1cc[n+]2c(c1)-c1cccc[n+]1CC2. The third-order valence-corrected chi connectivity index (χ3v) is 3.82. The van der Waals surface area contributed by atoms with Crippen molar-refractivity contribution in [3.8, 4) is 11.4 Å². The van der Waals surface area contributed by atoms with Crippen molar-refractivity contribution >= 4 is 24.3 Å². The average molecular weight is 378 g/mol. The van der Waals surface area contributed by atoms with Crippen molar-refractivity contribution in [2.24, 2.45) is 5.73 Å². The van der Waals surface area contributed by atoms with Gasteiger partial charge in [0.25, 0.3) is 11.4 Å². The zero-order valence-electron chi connectivity index (χ0n) is 15.0. The van der Waals surface area contributed by atoms with Crippen molar-refractivity contribution in [3.05, 3.63) is 48.8 Å². The van der Waals surface area contributed by atoms with Crippen LogP contribution in [0.1, 0.15) is 19.8 Å². The van der Waals surface area contributed by atoms with Crippen LogP contribution < -0.4 is 25.5 Å². The van der Waals surface area contributed by atoms with Crippen LogP contribution in [0.25, 0.3) is 11.4 Å². The first kappa shape index (κ1) is 21.4. The highest BCUT2D eigenvalue weighted by molar-refractivity contribution is 5.94. The summed E-state index contributed by atoms with van der Waals surface area (Å²) in [5, 5.41) is 19.0. The molecule has 0 aliphatic carbocycles. The van der Waals surface area contributed by atoms with Gasteiger partial charge in [-0.25, -0.2) is 0 Å². The van der Waals surface area contributed by atoms with E-state index in [0.717, 1.165) is 32.5 Å². The molecule has 6 N–H and O–H groups in total. The number of pyridine rings is 2. The largest absolute Gasteiger partial charge is 0.370 e. The molecule has 1 aliphatic rings. The molecule has 7 nitrogen and oxygen atoms in total. The van der Waals surface area contributed by atoms with Gasteiger partial charge in [-0.15, -0.1) is 12.4 Å². The van der Waals surface area contributed by atoms with Crippen molar-refractivity contribution in [1.29, 1.82) is 10.8 Å².